The predicted octanol–water partition coefficient (Wildman–Crippen LogP) is 5.95. The SMILES string of the molecule is COc1ccc(CN(CCC#N)CCC2(c3ccccc3)CC(C)N(C)CC2C)cc1OC.Cl.Cl. The van der Waals surface area contributed by atoms with Gasteiger partial charge < -0.3 is 14.4 Å². The maximum absolute atomic E-state index is 9.26. The van der Waals surface area contributed by atoms with Gasteiger partial charge in [-0.25, -0.2) is 0 Å². The molecule has 0 radical (unpaired) electrons. The summed E-state index contributed by atoms with van der Waals surface area (Å²) in [5.74, 6) is 2.04. The van der Waals surface area contributed by atoms with E-state index in [0.29, 0.717) is 18.4 Å². The molecule has 1 aliphatic rings. The number of nitriles is 1. The molecule has 0 N–H and O–H groups in total. The minimum Gasteiger partial charge on any atom is -0.493 e. The fourth-order valence-electron chi connectivity index (χ4n) is 5.41. The summed E-state index contributed by atoms with van der Waals surface area (Å²) in [5, 5.41) is 9.26. The summed E-state index contributed by atoms with van der Waals surface area (Å²) >= 11 is 0. The van der Waals surface area contributed by atoms with Gasteiger partial charge in [0.25, 0.3) is 0 Å². The molecule has 1 fully saturated rings. The second-order valence-corrected chi connectivity index (χ2v) is 9.54. The average molecular weight is 523 g/mol. The van der Waals surface area contributed by atoms with Crippen LogP contribution in [0.25, 0.3) is 0 Å². The molecular weight excluding hydrogens is 481 g/mol. The van der Waals surface area contributed by atoms with E-state index in [9.17, 15) is 5.26 Å². The van der Waals surface area contributed by atoms with Crippen molar-refractivity contribution in [2.75, 3.05) is 40.9 Å². The second-order valence-electron chi connectivity index (χ2n) is 9.54. The van der Waals surface area contributed by atoms with Gasteiger partial charge in [-0.2, -0.15) is 5.26 Å². The topological polar surface area (TPSA) is 48.7 Å². The van der Waals surface area contributed by atoms with Gasteiger partial charge in [-0.3, -0.25) is 4.90 Å². The first kappa shape index (κ1) is 31.1. The van der Waals surface area contributed by atoms with Crippen molar-refractivity contribution >= 4 is 24.8 Å². The Labute approximate surface area is 224 Å². The van der Waals surface area contributed by atoms with Crippen LogP contribution in [-0.4, -0.2) is 56.7 Å². The van der Waals surface area contributed by atoms with Crippen LogP contribution in [0.15, 0.2) is 48.5 Å². The van der Waals surface area contributed by atoms with Gasteiger partial charge in [0.05, 0.1) is 20.3 Å². The molecule has 35 heavy (non-hydrogen) atoms. The van der Waals surface area contributed by atoms with Gasteiger partial charge in [-0.15, -0.1) is 24.8 Å². The van der Waals surface area contributed by atoms with Crippen LogP contribution in [0.3, 0.4) is 0 Å². The fraction of sp³-hybridized carbons (Fsp3) is 0.536. The van der Waals surface area contributed by atoms with Gasteiger partial charge in [0.15, 0.2) is 11.5 Å². The molecule has 0 saturated carbocycles. The van der Waals surface area contributed by atoms with Crippen molar-refractivity contribution in [3.8, 4) is 17.6 Å². The number of benzene rings is 2. The third-order valence-electron chi connectivity index (χ3n) is 7.53. The molecule has 194 valence electrons. The van der Waals surface area contributed by atoms with Crippen LogP contribution in [0.1, 0.15) is 44.2 Å². The van der Waals surface area contributed by atoms with Crippen LogP contribution in [0.4, 0.5) is 0 Å². The first-order valence-corrected chi connectivity index (χ1v) is 12.0. The zero-order valence-corrected chi connectivity index (χ0v) is 23.3. The summed E-state index contributed by atoms with van der Waals surface area (Å²) < 4.78 is 10.9. The number of nitrogens with zero attached hydrogens (tertiary/aromatic N) is 3. The Morgan fingerprint density at radius 2 is 1.71 bits per heavy atom. The van der Waals surface area contributed by atoms with Crippen LogP contribution in [-0.2, 0) is 12.0 Å². The number of rotatable bonds is 10. The molecule has 0 amide bonds. The van der Waals surface area contributed by atoms with Gasteiger partial charge in [0.1, 0.15) is 0 Å². The first-order chi connectivity index (χ1) is 15.9. The van der Waals surface area contributed by atoms with Crippen LogP contribution < -0.4 is 9.47 Å². The lowest BCUT2D eigenvalue weighted by molar-refractivity contribution is 0.0602. The van der Waals surface area contributed by atoms with E-state index in [1.807, 2.05) is 12.1 Å². The molecule has 0 bridgehead atoms. The number of hydrogen-bond acceptors (Lipinski definition) is 5. The van der Waals surface area contributed by atoms with Crippen molar-refractivity contribution in [1.29, 1.82) is 5.26 Å². The van der Waals surface area contributed by atoms with Gasteiger partial charge >= 0.3 is 0 Å². The highest BCUT2D eigenvalue weighted by molar-refractivity contribution is 5.85. The zero-order valence-electron chi connectivity index (χ0n) is 21.7. The van der Waals surface area contributed by atoms with Crippen molar-refractivity contribution in [1.82, 2.24) is 9.80 Å². The van der Waals surface area contributed by atoms with Crippen molar-refractivity contribution in [2.45, 2.75) is 51.1 Å². The molecule has 1 saturated heterocycles. The molecule has 1 aliphatic heterocycles. The molecule has 3 atom stereocenters. The van der Waals surface area contributed by atoms with Crippen molar-refractivity contribution in [3.05, 3.63) is 59.7 Å². The van der Waals surface area contributed by atoms with Crippen molar-refractivity contribution in [2.24, 2.45) is 5.92 Å². The molecule has 0 spiro atoms. The van der Waals surface area contributed by atoms with Gasteiger partial charge in [-0.05, 0) is 62.5 Å². The minimum absolute atomic E-state index is 0. The number of likely N-dealkylation sites (tertiary alicyclic amines) is 1. The summed E-state index contributed by atoms with van der Waals surface area (Å²) in [7, 11) is 5.57. The second kappa shape index (κ2) is 14.6. The predicted molar refractivity (Wildman–Crippen MR) is 148 cm³/mol. The van der Waals surface area contributed by atoms with Crippen molar-refractivity contribution in [3.63, 3.8) is 0 Å². The molecule has 1 heterocycles. The highest BCUT2D eigenvalue weighted by Gasteiger charge is 2.43. The average Bonchev–Trinajstić information content (AvgIpc) is 2.84. The lowest BCUT2D eigenvalue weighted by atomic mass is 9.63. The number of ether oxygens (including phenoxy) is 2. The Morgan fingerprint density at radius 3 is 2.34 bits per heavy atom. The van der Waals surface area contributed by atoms with E-state index in [4.69, 9.17) is 9.47 Å². The quantitative estimate of drug-likeness (QED) is 0.386. The maximum Gasteiger partial charge on any atom is 0.161 e. The Morgan fingerprint density at radius 1 is 1.03 bits per heavy atom. The van der Waals surface area contributed by atoms with Gasteiger partial charge in [0, 0.05) is 37.5 Å². The molecule has 3 unspecified atom stereocenters. The van der Waals surface area contributed by atoms with Crippen LogP contribution in [0.5, 0.6) is 11.5 Å². The monoisotopic (exact) mass is 521 g/mol. The van der Waals surface area contributed by atoms with E-state index < -0.39 is 0 Å². The number of methoxy groups -OCH3 is 2. The van der Waals surface area contributed by atoms with E-state index in [1.54, 1.807) is 14.2 Å². The third-order valence-corrected chi connectivity index (χ3v) is 7.53. The van der Waals surface area contributed by atoms with E-state index in [2.05, 4.69) is 73.2 Å². The Bertz CT molecular complexity index is 938. The van der Waals surface area contributed by atoms with E-state index in [-0.39, 0.29) is 30.2 Å². The number of hydrogen-bond donors (Lipinski definition) is 0. The van der Waals surface area contributed by atoms with Crippen LogP contribution in [0, 0.1) is 17.2 Å². The normalized spacial score (nSPS) is 22.0. The lowest BCUT2D eigenvalue weighted by Gasteiger charge is -2.50. The van der Waals surface area contributed by atoms with Crippen molar-refractivity contribution < 1.29 is 9.47 Å². The smallest absolute Gasteiger partial charge is 0.161 e. The molecule has 2 aromatic carbocycles. The molecule has 0 aliphatic carbocycles. The summed E-state index contributed by atoms with van der Waals surface area (Å²) in [6, 6.07) is 20.0. The number of halogens is 2. The first-order valence-electron chi connectivity index (χ1n) is 12.0. The molecule has 0 aromatic heterocycles. The standard InChI is InChI=1S/C28H39N3O2.2ClH/c1-22-20-30(3)23(2)19-28(22,25-10-7-6-8-11-25)14-17-31(16-9-15-29)21-24-12-13-26(32-4)27(18-24)33-5;;/h6-8,10-13,18,22-23H,9,14,16-17,19-21H2,1-5H3;2*1H. The van der Waals surface area contributed by atoms with Crippen LogP contribution in [0.2, 0.25) is 0 Å². The molecular formula is C28H41Cl2N3O2. The van der Waals surface area contributed by atoms with E-state index in [1.165, 1.54) is 11.1 Å². The molecule has 2 aromatic rings. The molecule has 3 rings (SSSR count). The van der Waals surface area contributed by atoms with Crippen LogP contribution >= 0.6 is 24.8 Å². The maximum atomic E-state index is 9.26. The zero-order chi connectivity index (χ0) is 23.8. The highest BCUT2D eigenvalue weighted by Crippen LogP contribution is 2.44. The minimum atomic E-state index is 0. The Kier molecular flexibility index (Phi) is 12.9. The van der Waals surface area contributed by atoms with E-state index >= 15 is 0 Å². The summed E-state index contributed by atoms with van der Waals surface area (Å²) in [6.07, 6.45) is 2.76. The Balaban J connectivity index is 0.00000306. The summed E-state index contributed by atoms with van der Waals surface area (Å²) in [6.45, 7) is 8.36. The molecule has 5 nitrogen and oxygen atoms in total. The van der Waals surface area contributed by atoms with E-state index in [0.717, 1.165) is 50.5 Å². The summed E-state index contributed by atoms with van der Waals surface area (Å²) in [4.78, 5) is 4.91. The van der Waals surface area contributed by atoms with Gasteiger partial charge in [-0.1, -0.05) is 43.3 Å². The fourth-order valence-corrected chi connectivity index (χ4v) is 5.41. The summed E-state index contributed by atoms with van der Waals surface area (Å²) in [5.41, 5.74) is 2.75. The number of piperidine rings is 1. The highest BCUT2D eigenvalue weighted by atomic mass is 35.5. The van der Waals surface area contributed by atoms with Gasteiger partial charge in [0.2, 0.25) is 0 Å². The largest absolute Gasteiger partial charge is 0.493 e. The Hall–Kier alpha value is -1.97. The molecule has 7 heteroatoms. The third kappa shape index (κ3) is 7.51. The lowest BCUT2D eigenvalue weighted by Crippen LogP contribution is -2.52.